The molecule has 0 atom stereocenters. The zero-order valence-electron chi connectivity index (χ0n) is 14.7. The first kappa shape index (κ1) is 19.8. The lowest BCUT2D eigenvalue weighted by Crippen LogP contribution is -2.42. The van der Waals surface area contributed by atoms with Crippen LogP contribution in [0.5, 0.6) is 0 Å². The molecule has 26 heavy (non-hydrogen) atoms. The number of hydrogen-bond donors (Lipinski definition) is 2. The van der Waals surface area contributed by atoms with Gasteiger partial charge in [0, 0.05) is 6.54 Å². The van der Waals surface area contributed by atoms with Crippen LogP contribution in [0.2, 0.25) is 0 Å². The van der Waals surface area contributed by atoms with Crippen LogP contribution in [0.4, 0.5) is 0 Å². The molecule has 1 heterocycles. The molecule has 2 aromatic rings. The lowest BCUT2D eigenvalue weighted by molar-refractivity contribution is 0.472. The van der Waals surface area contributed by atoms with Crippen molar-refractivity contribution in [3.63, 3.8) is 0 Å². The highest BCUT2D eigenvalue weighted by Gasteiger charge is 2.25. The van der Waals surface area contributed by atoms with Gasteiger partial charge in [-0.25, -0.2) is 22.7 Å². The van der Waals surface area contributed by atoms with Gasteiger partial charge >= 0.3 is 11.4 Å². The second-order valence-corrected chi connectivity index (χ2v) is 8.15. The Morgan fingerprint density at radius 1 is 1.19 bits per heavy atom. The minimum atomic E-state index is -3.48. The zero-order chi connectivity index (χ0) is 19.2. The molecule has 9 heteroatoms. The summed E-state index contributed by atoms with van der Waals surface area (Å²) in [6.07, 6.45) is 4.77. The summed E-state index contributed by atoms with van der Waals surface area (Å²) in [5.41, 5.74) is -1.09. The van der Waals surface area contributed by atoms with Gasteiger partial charge in [0.2, 0.25) is 10.0 Å². The van der Waals surface area contributed by atoms with Crippen LogP contribution in [0.1, 0.15) is 25.8 Å². The number of nitrogens with one attached hydrogen (secondary N) is 2. The number of rotatable bonds is 8. The molecular formula is C17H22N4O4S. The smallest absolute Gasteiger partial charge is 0.280 e. The third-order valence-corrected chi connectivity index (χ3v) is 5.31. The number of hydrogen-bond acceptors (Lipinski definition) is 5. The summed E-state index contributed by atoms with van der Waals surface area (Å²) in [6.45, 7) is 3.82. The van der Waals surface area contributed by atoms with Crippen molar-refractivity contribution >= 4 is 10.0 Å². The molecule has 140 valence electrons. The van der Waals surface area contributed by atoms with E-state index in [0.29, 0.717) is 6.42 Å². The normalized spacial score (nSPS) is 12.5. The van der Waals surface area contributed by atoms with Gasteiger partial charge in [0.25, 0.3) is 0 Å². The van der Waals surface area contributed by atoms with Crippen LogP contribution in [0.3, 0.4) is 0 Å². The van der Waals surface area contributed by atoms with E-state index in [1.807, 2.05) is 49.2 Å². The van der Waals surface area contributed by atoms with Gasteiger partial charge in [0.15, 0.2) is 0 Å². The molecule has 0 aliphatic heterocycles. The van der Waals surface area contributed by atoms with E-state index in [-0.39, 0.29) is 12.3 Å². The average Bonchev–Trinajstić information content (AvgIpc) is 2.56. The highest BCUT2D eigenvalue weighted by atomic mass is 32.2. The van der Waals surface area contributed by atoms with Gasteiger partial charge in [-0.1, -0.05) is 42.5 Å². The van der Waals surface area contributed by atoms with Crippen molar-refractivity contribution in [1.82, 2.24) is 19.3 Å². The van der Waals surface area contributed by atoms with Crippen molar-refractivity contribution in [2.24, 2.45) is 0 Å². The van der Waals surface area contributed by atoms with Crippen molar-refractivity contribution in [3.05, 3.63) is 75.3 Å². The molecule has 8 nitrogen and oxygen atoms in total. The number of H-pyrrole nitrogens is 1. The quantitative estimate of drug-likeness (QED) is 0.658. The van der Waals surface area contributed by atoms with Crippen molar-refractivity contribution in [2.45, 2.75) is 32.4 Å². The molecule has 0 saturated heterocycles. The van der Waals surface area contributed by atoms with Gasteiger partial charge < -0.3 is 0 Å². The van der Waals surface area contributed by atoms with Crippen LogP contribution >= 0.6 is 0 Å². The van der Waals surface area contributed by atoms with Gasteiger partial charge in [0.1, 0.15) is 6.33 Å². The molecule has 0 fully saturated rings. The van der Waals surface area contributed by atoms with Crippen LogP contribution in [-0.4, -0.2) is 28.7 Å². The summed E-state index contributed by atoms with van der Waals surface area (Å²) in [5.74, 6) is -0.0709. The van der Waals surface area contributed by atoms with E-state index in [2.05, 4.69) is 9.71 Å². The molecule has 2 rings (SSSR count). The maximum atomic E-state index is 12.3. The fourth-order valence-corrected chi connectivity index (χ4v) is 3.83. The third kappa shape index (κ3) is 5.78. The molecule has 1 aromatic heterocycles. The van der Waals surface area contributed by atoms with Gasteiger partial charge in [-0.3, -0.25) is 9.55 Å². The second-order valence-electron chi connectivity index (χ2n) is 6.30. The lowest BCUT2D eigenvalue weighted by atomic mass is 9.96. The fraction of sp³-hybridized carbons (Fsp3) is 0.353. The van der Waals surface area contributed by atoms with Crippen LogP contribution in [0.25, 0.3) is 0 Å². The summed E-state index contributed by atoms with van der Waals surface area (Å²) in [6, 6.07) is 9.35. The maximum absolute atomic E-state index is 12.3. The van der Waals surface area contributed by atoms with Crippen LogP contribution in [0, 0.1) is 0 Å². The minimum absolute atomic E-state index is 0.0709. The molecule has 0 amide bonds. The summed E-state index contributed by atoms with van der Waals surface area (Å²) in [5, 5.41) is 0. The monoisotopic (exact) mass is 378 g/mol. The number of aromatic amines is 1. The first-order valence-electron chi connectivity index (χ1n) is 8.07. The summed E-state index contributed by atoms with van der Waals surface area (Å²) in [7, 11) is -3.48. The van der Waals surface area contributed by atoms with E-state index < -0.39 is 26.9 Å². The SMILES string of the molecule is CC(C)(NS(=O)(=O)CC/C=C\Cn1cnc(=O)[nH]c1=O)c1ccccc1. The van der Waals surface area contributed by atoms with Gasteiger partial charge in [-0.2, -0.15) is 4.98 Å². The topological polar surface area (TPSA) is 114 Å². The molecule has 2 N–H and O–H groups in total. The van der Waals surface area contributed by atoms with Crippen molar-refractivity contribution in [1.29, 1.82) is 0 Å². The van der Waals surface area contributed by atoms with Gasteiger partial charge in [-0.05, 0) is 25.8 Å². The van der Waals surface area contributed by atoms with Crippen molar-refractivity contribution in [3.8, 4) is 0 Å². The van der Waals surface area contributed by atoms with E-state index in [4.69, 9.17) is 0 Å². The predicted octanol–water partition coefficient (Wildman–Crippen LogP) is 0.733. The largest absolute Gasteiger partial charge is 0.350 e. The Bertz CT molecular complexity index is 976. The van der Waals surface area contributed by atoms with Crippen molar-refractivity contribution in [2.75, 3.05) is 5.75 Å². The second kappa shape index (κ2) is 8.24. The molecule has 1 aromatic carbocycles. The summed E-state index contributed by atoms with van der Waals surface area (Å²) in [4.78, 5) is 27.9. The molecular weight excluding hydrogens is 356 g/mol. The van der Waals surface area contributed by atoms with Crippen LogP contribution in [0.15, 0.2) is 58.4 Å². The highest BCUT2D eigenvalue weighted by molar-refractivity contribution is 7.89. The molecule has 0 bridgehead atoms. The van der Waals surface area contributed by atoms with Gasteiger partial charge in [-0.15, -0.1) is 0 Å². The summed E-state index contributed by atoms with van der Waals surface area (Å²) < 4.78 is 28.5. The maximum Gasteiger partial charge on any atom is 0.350 e. The molecule has 0 aliphatic rings. The average molecular weight is 378 g/mol. The van der Waals surface area contributed by atoms with E-state index >= 15 is 0 Å². The predicted molar refractivity (Wildman–Crippen MR) is 99.3 cm³/mol. The van der Waals surface area contributed by atoms with Crippen molar-refractivity contribution < 1.29 is 8.42 Å². The summed E-state index contributed by atoms with van der Waals surface area (Å²) >= 11 is 0. The Labute approximate surface area is 151 Å². The molecule has 0 radical (unpaired) electrons. The van der Waals surface area contributed by atoms with E-state index in [0.717, 1.165) is 11.9 Å². The molecule has 0 unspecified atom stereocenters. The minimum Gasteiger partial charge on any atom is -0.280 e. The number of sulfonamides is 1. The number of nitrogens with zero attached hydrogens (tertiary/aromatic N) is 2. The Hall–Kier alpha value is -2.52. The Balaban J connectivity index is 1.89. The number of aromatic nitrogens is 3. The molecule has 0 saturated carbocycles. The van der Waals surface area contributed by atoms with Crippen LogP contribution in [-0.2, 0) is 22.1 Å². The van der Waals surface area contributed by atoms with Gasteiger partial charge in [0.05, 0.1) is 11.3 Å². The number of allylic oxidation sites excluding steroid dienone is 2. The molecule has 0 aliphatic carbocycles. The Morgan fingerprint density at radius 3 is 2.54 bits per heavy atom. The Morgan fingerprint density at radius 2 is 1.88 bits per heavy atom. The standard InChI is InChI=1S/C17H22N4O4S/c1-17(2,14-9-5-3-6-10-14)20-26(24,25)12-8-4-7-11-21-13-18-15(22)19-16(21)23/h3-7,9-10,13,20H,8,11-12H2,1-2H3,(H,19,22,23)/b7-4-. The lowest BCUT2D eigenvalue weighted by Gasteiger charge is -2.26. The first-order valence-corrected chi connectivity index (χ1v) is 9.73. The highest BCUT2D eigenvalue weighted by Crippen LogP contribution is 2.20. The van der Waals surface area contributed by atoms with E-state index in [1.54, 1.807) is 12.2 Å². The van der Waals surface area contributed by atoms with Crippen LogP contribution < -0.4 is 16.1 Å². The third-order valence-electron chi connectivity index (χ3n) is 3.72. The Kier molecular flexibility index (Phi) is 6.27. The van der Waals surface area contributed by atoms with E-state index in [9.17, 15) is 18.0 Å². The molecule has 0 spiro atoms. The zero-order valence-corrected chi connectivity index (χ0v) is 15.5. The fourth-order valence-electron chi connectivity index (χ4n) is 2.38. The number of benzene rings is 1. The van der Waals surface area contributed by atoms with E-state index in [1.165, 1.54) is 4.57 Å². The first-order chi connectivity index (χ1) is 12.2.